The monoisotopic (exact) mass is 921 g/mol. The Morgan fingerprint density at radius 3 is 1.00 bits per heavy atom. The van der Waals surface area contributed by atoms with E-state index in [4.69, 9.17) is 23.7 Å². The number of hydrogen-bond donors (Lipinski definition) is 0. The van der Waals surface area contributed by atoms with Crippen molar-refractivity contribution in [3.8, 4) is 45.1 Å². The van der Waals surface area contributed by atoms with E-state index in [0.29, 0.717) is 37.6 Å². The van der Waals surface area contributed by atoms with Gasteiger partial charge in [-0.2, -0.15) is 4.57 Å². The maximum atomic E-state index is 15.3. The maximum Gasteiger partial charge on any atom is 0.219 e. The fraction of sp³-hybridized carbons (Fsp3) is 0.159. The number of aromatic nitrogens is 1. The van der Waals surface area contributed by atoms with Crippen LogP contribution in [0.3, 0.4) is 0 Å². The number of pyridine rings is 1. The molecular formula is C63H55NO6. The predicted molar refractivity (Wildman–Crippen MR) is 273 cm³/mol. The molecule has 1 aliphatic rings. The van der Waals surface area contributed by atoms with Crippen LogP contribution in [-0.2, 0) is 36.9 Å². The Bertz CT molecular complexity index is 2850. The van der Waals surface area contributed by atoms with Crippen LogP contribution in [0.2, 0.25) is 0 Å². The van der Waals surface area contributed by atoms with Crippen molar-refractivity contribution in [2.24, 2.45) is 0 Å². The highest BCUT2D eigenvalue weighted by molar-refractivity contribution is 5.74. The van der Waals surface area contributed by atoms with Gasteiger partial charge in [0.1, 0.15) is 24.4 Å². The summed E-state index contributed by atoms with van der Waals surface area (Å²) in [4.78, 5) is 0. The molecule has 0 aliphatic carbocycles. The number of benzene rings is 8. The summed E-state index contributed by atoms with van der Waals surface area (Å²) in [5.74, 6) is -0.157. The number of fused-ring (bicyclic) bond motifs is 2. The minimum absolute atomic E-state index is 0.00963. The van der Waals surface area contributed by atoms with Crippen LogP contribution in [0, 0.1) is 0 Å². The van der Waals surface area contributed by atoms with E-state index in [2.05, 4.69) is 114 Å². The number of hydrogen-bond acceptors (Lipinski definition) is 6. The Labute approximate surface area is 410 Å². The van der Waals surface area contributed by atoms with Crippen molar-refractivity contribution < 1.29 is 33.4 Å². The first-order chi connectivity index (χ1) is 34.7. The average Bonchev–Trinajstić information content (AvgIpc) is 3.43. The molecule has 70 heavy (non-hydrogen) atoms. The molecule has 1 aromatic heterocycles. The molecule has 0 saturated carbocycles. The summed E-state index contributed by atoms with van der Waals surface area (Å²) in [7, 11) is 0. The second-order valence-electron chi connectivity index (χ2n) is 17.3. The van der Waals surface area contributed by atoms with Gasteiger partial charge in [-0.3, -0.25) is 0 Å². The summed E-state index contributed by atoms with van der Waals surface area (Å²) in [6, 6.07) is 80.2. The van der Waals surface area contributed by atoms with E-state index < -0.39 is 24.4 Å². The molecule has 348 valence electrons. The van der Waals surface area contributed by atoms with Crippen LogP contribution in [0.5, 0.6) is 5.75 Å². The van der Waals surface area contributed by atoms with Crippen molar-refractivity contribution in [2.45, 2.75) is 37.6 Å². The molecule has 4 atom stereocenters. The average molecular weight is 922 g/mol. The summed E-state index contributed by atoms with van der Waals surface area (Å²) >= 11 is 0. The minimum Gasteiger partial charge on any atom is -0.872 e. The summed E-state index contributed by atoms with van der Waals surface area (Å²) < 4.78 is 36.2. The zero-order valence-electron chi connectivity index (χ0n) is 39.0. The van der Waals surface area contributed by atoms with E-state index in [-0.39, 0.29) is 19.0 Å². The molecule has 0 radical (unpaired) electrons. The first kappa shape index (κ1) is 46.2. The van der Waals surface area contributed by atoms with Crippen LogP contribution in [0.15, 0.2) is 237 Å². The third-order valence-electron chi connectivity index (χ3n) is 12.7. The minimum atomic E-state index is -0.583. The Balaban J connectivity index is 1.18. The van der Waals surface area contributed by atoms with Gasteiger partial charge in [0, 0.05) is 35.4 Å². The van der Waals surface area contributed by atoms with Crippen molar-refractivity contribution in [1.82, 2.24) is 0 Å². The van der Waals surface area contributed by atoms with Crippen LogP contribution >= 0.6 is 0 Å². The van der Waals surface area contributed by atoms with Crippen LogP contribution in [-0.4, -0.2) is 26.4 Å². The molecule has 2 unspecified atom stereocenters. The Hall–Kier alpha value is -7.49. The lowest BCUT2D eigenvalue weighted by Crippen LogP contribution is -2.37. The summed E-state index contributed by atoms with van der Waals surface area (Å²) in [6.07, 6.45) is -2.21. The highest BCUT2D eigenvalue weighted by Crippen LogP contribution is 2.40. The van der Waals surface area contributed by atoms with Gasteiger partial charge in [0.2, 0.25) is 17.1 Å². The number of nitrogens with zero attached hydrogens (tertiary/aromatic N) is 1. The van der Waals surface area contributed by atoms with Crippen LogP contribution in [0.1, 0.15) is 57.8 Å². The lowest BCUT2D eigenvalue weighted by Gasteiger charge is -2.31. The molecule has 0 N–H and O–H groups in total. The highest BCUT2D eigenvalue weighted by Gasteiger charge is 2.31. The first-order valence-corrected chi connectivity index (χ1v) is 24.0. The first-order valence-electron chi connectivity index (χ1n) is 24.0. The second-order valence-corrected chi connectivity index (χ2v) is 17.3. The van der Waals surface area contributed by atoms with Crippen molar-refractivity contribution in [2.75, 3.05) is 26.4 Å². The third-order valence-corrected chi connectivity index (χ3v) is 12.7. The molecule has 0 saturated heterocycles. The van der Waals surface area contributed by atoms with Gasteiger partial charge >= 0.3 is 0 Å². The lowest BCUT2D eigenvalue weighted by atomic mass is 9.97. The van der Waals surface area contributed by atoms with E-state index in [1.165, 1.54) is 0 Å². The normalized spacial score (nSPS) is 18.3. The molecule has 7 heteroatoms. The van der Waals surface area contributed by atoms with Gasteiger partial charge in [0.05, 0.1) is 39.6 Å². The molecule has 0 amide bonds. The third kappa shape index (κ3) is 10.9. The molecule has 1 aliphatic heterocycles. The summed E-state index contributed by atoms with van der Waals surface area (Å²) in [5, 5.41) is 15.3. The largest absolute Gasteiger partial charge is 0.872 e. The molecule has 2 bridgehead atoms. The summed E-state index contributed by atoms with van der Waals surface area (Å²) in [5.41, 5.74) is 11.6. The van der Waals surface area contributed by atoms with E-state index in [1.54, 1.807) is 0 Å². The maximum absolute atomic E-state index is 15.3. The van der Waals surface area contributed by atoms with Gasteiger partial charge in [0.25, 0.3) is 0 Å². The van der Waals surface area contributed by atoms with Crippen LogP contribution < -0.4 is 9.67 Å². The molecule has 0 fully saturated rings. The van der Waals surface area contributed by atoms with Crippen molar-refractivity contribution in [3.63, 3.8) is 0 Å². The predicted octanol–water partition coefficient (Wildman–Crippen LogP) is 13.1. The Kier molecular flexibility index (Phi) is 15.0. The Morgan fingerprint density at radius 1 is 0.329 bits per heavy atom. The fourth-order valence-corrected chi connectivity index (χ4v) is 9.33. The van der Waals surface area contributed by atoms with E-state index >= 15 is 5.11 Å². The second kappa shape index (κ2) is 22.7. The quantitative estimate of drug-likeness (QED) is 0.141. The molecule has 10 rings (SSSR count). The van der Waals surface area contributed by atoms with Gasteiger partial charge in [-0.25, -0.2) is 0 Å². The topological polar surface area (TPSA) is 73.1 Å². The van der Waals surface area contributed by atoms with Crippen LogP contribution in [0.25, 0.3) is 39.3 Å². The van der Waals surface area contributed by atoms with Gasteiger partial charge in [-0.15, -0.1) is 0 Å². The number of rotatable bonds is 8. The van der Waals surface area contributed by atoms with Crippen molar-refractivity contribution in [1.29, 1.82) is 0 Å². The molecule has 8 aromatic carbocycles. The molecule has 7 nitrogen and oxygen atoms in total. The zero-order chi connectivity index (χ0) is 47.3. The van der Waals surface area contributed by atoms with Crippen molar-refractivity contribution >= 4 is 0 Å². The zero-order valence-corrected chi connectivity index (χ0v) is 39.0. The van der Waals surface area contributed by atoms with Gasteiger partial charge in [0.15, 0.2) is 0 Å². The summed E-state index contributed by atoms with van der Waals surface area (Å²) in [6.45, 7) is 1.27. The fourth-order valence-electron chi connectivity index (χ4n) is 9.33. The van der Waals surface area contributed by atoms with Gasteiger partial charge in [-0.1, -0.05) is 194 Å². The van der Waals surface area contributed by atoms with E-state index in [1.807, 2.05) is 127 Å². The van der Waals surface area contributed by atoms with Crippen LogP contribution in [0.4, 0.5) is 0 Å². The molecular weight excluding hydrogens is 867 g/mol. The Morgan fingerprint density at radius 2 is 0.643 bits per heavy atom. The number of ether oxygens (including phenoxy) is 5. The lowest BCUT2D eigenvalue weighted by molar-refractivity contribution is -0.572. The molecule has 9 aromatic rings. The standard InChI is InChI=1S/C63H55NO6/c65-59-54-40-56(64-57(47-24-10-2-11-25-47)42-53(46-22-8-1-9-23-46)43-58(64)48-26-12-3-13-27-48)41-55(59)45-70-63(52-34-20-7-21-35-52)61(50-30-16-5-17-31-50)68-39-37-66-36-38-67-60(49-28-14-4-15-29-49)62(69-44-54)51-32-18-6-19-33-51/h1-35,40-43,60-63H,36-39,44-45H2/t60-,61?,62?,63-/m0/s1. The van der Waals surface area contributed by atoms with E-state index in [9.17, 15) is 0 Å². The van der Waals surface area contributed by atoms with E-state index in [0.717, 1.165) is 61.6 Å². The molecule has 0 spiro atoms. The SMILES string of the molecule is [O-]c1c2cc(-[n+]3c(-c4ccccc4)cc(-c4ccccc4)cc3-c3ccccc3)cc1CO[C@@H](c1ccccc1)C(c1ccccc1)OCCOCCO[C@@H](c1ccccc1)C(c1ccccc1)OC2. The van der Waals surface area contributed by atoms with Gasteiger partial charge in [-0.05, 0) is 68.8 Å². The molecule has 2 heterocycles. The smallest absolute Gasteiger partial charge is 0.219 e. The highest BCUT2D eigenvalue weighted by atomic mass is 16.6. The van der Waals surface area contributed by atoms with Crippen molar-refractivity contribution in [3.05, 3.63) is 270 Å². The van der Waals surface area contributed by atoms with Gasteiger partial charge < -0.3 is 28.8 Å².